The minimum Gasteiger partial charge on any atom is -0.484 e. The molecule has 31 heavy (non-hydrogen) atoms. The zero-order valence-electron chi connectivity index (χ0n) is 16.9. The second kappa shape index (κ2) is 9.65. The molecule has 0 bridgehead atoms. The van der Waals surface area contributed by atoms with Gasteiger partial charge in [-0.1, -0.05) is 6.07 Å². The summed E-state index contributed by atoms with van der Waals surface area (Å²) in [6.45, 7) is 1.44. The van der Waals surface area contributed by atoms with E-state index >= 15 is 0 Å². The summed E-state index contributed by atoms with van der Waals surface area (Å²) in [6, 6.07) is 8.82. The van der Waals surface area contributed by atoms with Crippen LogP contribution in [0.25, 0.3) is 0 Å². The summed E-state index contributed by atoms with van der Waals surface area (Å²) in [4.78, 5) is 38.0. The molecule has 0 spiro atoms. The Kier molecular flexibility index (Phi) is 6.95. The molecule has 1 aliphatic heterocycles. The van der Waals surface area contributed by atoms with Gasteiger partial charge in [-0.05, 0) is 31.2 Å². The first-order chi connectivity index (χ1) is 14.7. The van der Waals surface area contributed by atoms with Gasteiger partial charge in [0, 0.05) is 24.8 Å². The Morgan fingerprint density at radius 1 is 1.16 bits per heavy atom. The van der Waals surface area contributed by atoms with Gasteiger partial charge in [0.25, 0.3) is 11.8 Å². The van der Waals surface area contributed by atoms with Crippen molar-refractivity contribution in [2.75, 3.05) is 36.5 Å². The van der Waals surface area contributed by atoms with E-state index in [-0.39, 0.29) is 42.9 Å². The maximum absolute atomic E-state index is 12.4. The molecule has 1 aromatic heterocycles. The number of benzene rings is 1. The van der Waals surface area contributed by atoms with Crippen LogP contribution in [0.3, 0.4) is 0 Å². The molecule has 2 aromatic rings. The summed E-state index contributed by atoms with van der Waals surface area (Å²) in [5.41, 5.74) is 0.461. The van der Waals surface area contributed by atoms with E-state index in [9.17, 15) is 22.8 Å². The molecule has 0 radical (unpaired) electrons. The molecule has 1 aliphatic rings. The second-order valence-electron chi connectivity index (χ2n) is 7.01. The van der Waals surface area contributed by atoms with Crippen molar-refractivity contribution < 1.29 is 32.0 Å². The predicted octanol–water partition coefficient (Wildman–Crippen LogP) is 0.672. The van der Waals surface area contributed by atoms with Crippen LogP contribution in [0, 0.1) is 0 Å². The van der Waals surface area contributed by atoms with Gasteiger partial charge in [-0.15, -0.1) is 0 Å². The van der Waals surface area contributed by atoms with Crippen LogP contribution in [0.1, 0.15) is 17.5 Å². The Hall–Kier alpha value is -3.34. The second-order valence-corrected chi connectivity index (χ2v) is 9.32. The molecule has 0 aliphatic carbocycles. The lowest BCUT2D eigenvalue weighted by Gasteiger charge is -2.29. The monoisotopic (exact) mass is 449 g/mol. The van der Waals surface area contributed by atoms with Gasteiger partial charge in [-0.25, -0.2) is 8.42 Å². The van der Waals surface area contributed by atoms with Gasteiger partial charge >= 0.3 is 0 Å². The summed E-state index contributed by atoms with van der Waals surface area (Å²) in [6.07, 6.45) is 1.39. The third-order valence-electron chi connectivity index (χ3n) is 4.61. The summed E-state index contributed by atoms with van der Waals surface area (Å²) in [5.74, 6) is -0.896. The fourth-order valence-electron chi connectivity index (χ4n) is 2.96. The highest BCUT2D eigenvalue weighted by atomic mass is 32.2. The van der Waals surface area contributed by atoms with Crippen LogP contribution in [0.5, 0.6) is 5.75 Å². The molecule has 2 N–H and O–H groups in total. The molecule has 10 nitrogen and oxygen atoms in total. The standard InChI is InChI=1S/C20H23N3O7S/c1-14(20(26)23-7-10-31(27,28)11-8-23)21-18(24)13-30-16-5-2-4-15(12-16)22-19(25)17-6-3-9-29-17/h2-6,9,12,14H,7-8,10-11,13H2,1H3,(H,21,24)(H,22,25). The molecule has 3 amide bonds. The van der Waals surface area contributed by atoms with Gasteiger partial charge in [0.15, 0.2) is 22.2 Å². The third-order valence-corrected chi connectivity index (χ3v) is 6.22. The van der Waals surface area contributed by atoms with Crippen LogP contribution in [0.4, 0.5) is 5.69 Å². The molecule has 1 fully saturated rings. The van der Waals surface area contributed by atoms with E-state index in [0.717, 1.165) is 0 Å². The number of hydrogen-bond acceptors (Lipinski definition) is 7. The fraction of sp³-hybridized carbons (Fsp3) is 0.350. The smallest absolute Gasteiger partial charge is 0.291 e. The van der Waals surface area contributed by atoms with Crippen LogP contribution in [-0.4, -0.2) is 68.3 Å². The Morgan fingerprint density at radius 3 is 2.58 bits per heavy atom. The Bertz CT molecular complexity index is 1040. The highest BCUT2D eigenvalue weighted by molar-refractivity contribution is 7.91. The molecule has 1 aromatic carbocycles. The fourth-order valence-corrected chi connectivity index (χ4v) is 4.17. The van der Waals surface area contributed by atoms with Gasteiger partial charge in [-0.3, -0.25) is 14.4 Å². The Balaban J connectivity index is 1.47. The molecule has 3 rings (SSSR count). The van der Waals surface area contributed by atoms with Crippen molar-refractivity contribution in [2.24, 2.45) is 0 Å². The van der Waals surface area contributed by atoms with E-state index in [1.165, 1.54) is 24.2 Å². The lowest BCUT2D eigenvalue weighted by Crippen LogP contribution is -2.52. The average Bonchev–Trinajstić information content (AvgIpc) is 3.27. The van der Waals surface area contributed by atoms with Gasteiger partial charge in [0.2, 0.25) is 5.91 Å². The number of nitrogens with one attached hydrogen (secondary N) is 2. The largest absolute Gasteiger partial charge is 0.484 e. The lowest BCUT2D eigenvalue weighted by molar-refractivity contribution is -0.136. The summed E-state index contributed by atoms with van der Waals surface area (Å²) in [7, 11) is -3.09. The SMILES string of the molecule is CC(NC(=O)COc1cccc(NC(=O)c2ccco2)c1)C(=O)N1CCS(=O)(=O)CC1. The van der Waals surface area contributed by atoms with Crippen molar-refractivity contribution in [1.82, 2.24) is 10.2 Å². The van der Waals surface area contributed by atoms with Crippen molar-refractivity contribution in [1.29, 1.82) is 0 Å². The normalized spacial score (nSPS) is 16.2. The van der Waals surface area contributed by atoms with Crippen LogP contribution < -0.4 is 15.4 Å². The average molecular weight is 449 g/mol. The number of carbonyl (C=O) groups is 3. The van der Waals surface area contributed by atoms with Crippen molar-refractivity contribution in [3.05, 3.63) is 48.4 Å². The third kappa shape index (κ3) is 6.32. The number of hydrogen-bond donors (Lipinski definition) is 2. The number of ether oxygens (including phenoxy) is 1. The van der Waals surface area contributed by atoms with Gasteiger partial charge < -0.3 is 24.7 Å². The minimum atomic E-state index is -3.09. The number of carbonyl (C=O) groups excluding carboxylic acids is 3. The van der Waals surface area contributed by atoms with Gasteiger partial charge in [0.1, 0.15) is 11.8 Å². The molecule has 11 heteroatoms. The van der Waals surface area contributed by atoms with Gasteiger partial charge in [-0.2, -0.15) is 0 Å². The number of nitrogens with zero attached hydrogens (tertiary/aromatic N) is 1. The van der Waals surface area contributed by atoms with Crippen LogP contribution in [0.2, 0.25) is 0 Å². The molecule has 0 saturated carbocycles. The van der Waals surface area contributed by atoms with Crippen molar-refractivity contribution in [3.8, 4) is 5.75 Å². The summed E-state index contributed by atoms with van der Waals surface area (Å²) < 4.78 is 33.4. The maximum Gasteiger partial charge on any atom is 0.291 e. The first-order valence-corrected chi connectivity index (χ1v) is 11.4. The van der Waals surface area contributed by atoms with Crippen molar-refractivity contribution in [3.63, 3.8) is 0 Å². The van der Waals surface area contributed by atoms with E-state index in [2.05, 4.69) is 10.6 Å². The number of sulfone groups is 1. The predicted molar refractivity (Wildman–Crippen MR) is 111 cm³/mol. The lowest BCUT2D eigenvalue weighted by atomic mass is 10.2. The van der Waals surface area contributed by atoms with Crippen molar-refractivity contribution >= 4 is 33.2 Å². The first-order valence-electron chi connectivity index (χ1n) is 9.60. The van der Waals surface area contributed by atoms with E-state index in [1.807, 2.05) is 0 Å². The van der Waals surface area contributed by atoms with Crippen LogP contribution in [0.15, 0.2) is 47.1 Å². The number of rotatable bonds is 7. The zero-order valence-corrected chi connectivity index (χ0v) is 17.7. The van der Waals surface area contributed by atoms with E-state index in [1.54, 1.807) is 30.3 Å². The molecule has 1 saturated heterocycles. The van der Waals surface area contributed by atoms with Crippen LogP contribution in [-0.2, 0) is 19.4 Å². The molecule has 2 heterocycles. The molecule has 1 unspecified atom stereocenters. The molecule has 1 atom stereocenters. The van der Waals surface area contributed by atoms with E-state index in [0.29, 0.717) is 11.4 Å². The summed E-state index contributed by atoms with van der Waals surface area (Å²) >= 11 is 0. The molecular weight excluding hydrogens is 426 g/mol. The number of amides is 3. The topological polar surface area (TPSA) is 135 Å². The molecule has 166 valence electrons. The maximum atomic E-state index is 12.4. The highest BCUT2D eigenvalue weighted by Crippen LogP contribution is 2.18. The quantitative estimate of drug-likeness (QED) is 0.634. The van der Waals surface area contributed by atoms with E-state index < -0.39 is 27.7 Å². The zero-order chi connectivity index (χ0) is 22.4. The Labute approximate surface area is 179 Å². The van der Waals surface area contributed by atoms with Crippen molar-refractivity contribution in [2.45, 2.75) is 13.0 Å². The number of anilines is 1. The van der Waals surface area contributed by atoms with Gasteiger partial charge in [0.05, 0.1) is 17.8 Å². The number of furan rings is 1. The minimum absolute atomic E-state index is 0.0741. The summed E-state index contributed by atoms with van der Waals surface area (Å²) in [5, 5.41) is 5.20. The Morgan fingerprint density at radius 2 is 1.90 bits per heavy atom. The highest BCUT2D eigenvalue weighted by Gasteiger charge is 2.28. The molecular formula is C20H23N3O7S. The first kappa shape index (κ1) is 22.3. The van der Waals surface area contributed by atoms with E-state index in [4.69, 9.17) is 9.15 Å². The van der Waals surface area contributed by atoms with Crippen LogP contribution >= 0.6 is 0 Å².